The fourth-order valence-corrected chi connectivity index (χ4v) is 3.06. The lowest BCUT2D eigenvalue weighted by molar-refractivity contribution is -0.115. The summed E-state index contributed by atoms with van der Waals surface area (Å²) in [6, 6.07) is 11.9. The third-order valence-corrected chi connectivity index (χ3v) is 5.11. The fourth-order valence-electron chi connectivity index (χ4n) is 2.04. The van der Waals surface area contributed by atoms with Gasteiger partial charge in [-0.25, -0.2) is 0 Å². The lowest BCUT2D eigenvalue weighted by atomic mass is 10.3. The Bertz CT molecular complexity index is 802. The molecule has 26 heavy (non-hydrogen) atoms. The molecule has 2 amide bonds. The maximum atomic E-state index is 12.3. The van der Waals surface area contributed by atoms with Gasteiger partial charge in [0.25, 0.3) is 0 Å². The van der Waals surface area contributed by atoms with E-state index in [9.17, 15) is 9.59 Å². The van der Waals surface area contributed by atoms with E-state index >= 15 is 0 Å². The van der Waals surface area contributed by atoms with Crippen LogP contribution in [-0.2, 0) is 9.59 Å². The topological polar surface area (TPSA) is 67.4 Å². The molecule has 0 aliphatic rings. The second kappa shape index (κ2) is 9.71. The molecule has 5 nitrogen and oxygen atoms in total. The minimum Gasteiger partial charge on any atom is -0.495 e. The molecule has 8 heteroatoms. The molecule has 0 radical (unpaired) electrons. The van der Waals surface area contributed by atoms with E-state index in [4.69, 9.17) is 27.9 Å². The molecule has 0 heterocycles. The number of benzene rings is 2. The summed E-state index contributed by atoms with van der Waals surface area (Å²) in [5, 5.41) is 5.90. The van der Waals surface area contributed by atoms with Crippen LogP contribution in [-0.4, -0.2) is 29.9 Å². The lowest BCUT2D eigenvalue weighted by Crippen LogP contribution is -2.25. The molecule has 138 valence electrons. The number of hydrogen-bond acceptors (Lipinski definition) is 4. The SMILES string of the molecule is COc1ccccc1NC(=O)CS[C@H](C)C(=O)Nc1cc(Cl)ccc1Cl. The fraction of sp³-hybridized carbons (Fsp3) is 0.222. The summed E-state index contributed by atoms with van der Waals surface area (Å²) in [7, 11) is 1.53. The van der Waals surface area contributed by atoms with Gasteiger partial charge in [-0.05, 0) is 37.3 Å². The first-order valence-corrected chi connectivity index (χ1v) is 9.51. The van der Waals surface area contributed by atoms with E-state index in [1.165, 1.54) is 18.9 Å². The molecule has 0 fully saturated rings. The van der Waals surface area contributed by atoms with Gasteiger partial charge in [0.1, 0.15) is 5.75 Å². The molecule has 2 N–H and O–H groups in total. The number of amides is 2. The number of nitrogens with one attached hydrogen (secondary N) is 2. The predicted octanol–water partition coefficient (Wildman–Crippen LogP) is 4.70. The van der Waals surface area contributed by atoms with Crippen LogP contribution in [0.25, 0.3) is 0 Å². The van der Waals surface area contributed by atoms with Gasteiger partial charge < -0.3 is 15.4 Å². The Hall–Kier alpha value is -1.89. The lowest BCUT2D eigenvalue weighted by Gasteiger charge is -2.14. The highest BCUT2D eigenvalue weighted by molar-refractivity contribution is 8.01. The van der Waals surface area contributed by atoms with Crippen LogP contribution in [0.1, 0.15) is 6.92 Å². The summed E-state index contributed by atoms with van der Waals surface area (Å²) in [5.41, 5.74) is 1.03. The number of ether oxygens (including phenoxy) is 1. The van der Waals surface area contributed by atoms with Crippen molar-refractivity contribution in [1.29, 1.82) is 0 Å². The predicted molar refractivity (Wildman–Crippen MR) is 109 cm³/mol. The number of rotatable bonds is 7. The zero-order valence-electron chi connectivity index (χ0n) is 14.2. The maximum absolute atomic E-state index is 12.3. The second-order valence-electron chi connectivity index (χ2n) is 5.32. The highest BCUT2D eigenvalue weighted by atomic mass is 35.5. The van der Waals surface area contributed by atoms with Crippen molar-refractivity contribution < 1.29 is 14.3 Å². The average molecular weight is 413 g/mol. The smallest absolute Gasteiger partial charge is 0.237 e. The zero-order chi connectivity index (χ0) is 19.1. The Morgan fingerprint density at radius 2 is 1.85 bits per heavy atom. The van der Waals surface area contributed by atoms with Crippen LogP contribution in [0, 0.1) is 0 Å². The van der Waals surface area contributed by atoms with Gasteiger partial charge in [0.05, 0.1) is 34.5 Å². The van der Waals surface area contributed by atoms with Gasteiger partial charge in [-0.2, -0.15) is 0 Å². The Morgan fingerprint density at radius 1 is 1.12 bits per heavy atom. The Balaban J connectivity index is 1.87. The van der Waals surface area contributed by atoms with E-state index < -0.39 is 5.25 Å². The van der Waals surface area contributed by atoms with Gasteiger partial charge in [-0.15, -0.1) is 11.8 Å². The van der Waals surface area contributed by atoms with E-state index in [2.05, 4.69) is 10.6 Å². The largest absolute Gasteiger partial charge is 0.495 e. The van der Waals surface area contributed by atoms with E-state index in [1.807, 2.05) is 6.07 Å². The van der Waals surface area contributed by atoms with Crippen LogP contribution < -0.4 is 15.4 Å². The molecule has 2 aromatic rings. The van der Waals surface area contributed by atoms with E-state index in [1.54, 1.807) is 43.3 Å². The molecule has 0 saturated heterocycles. The van der Waals surface area contributed by atoms with Gasteiger partial charge in [0, 0.05) is 5.02 Å². The molecular formula is C18H18Cl2N2O3S. The van der Waals surface area contributed by atoms with Crippen LogP contribution in [0.5, 0.6) is 5.75 Å². The molecule has 0 saturated carbocycles. The summed E-state index contributed by atoms with van der Waals surface area (Å²) in [6.45, 7) is 1.72. The zero-order valence-corrected chi connectivity index (χ0v) is 16.5. The minimum absolute atomic E-state index is 0.121. The van der Waals surface area contributed by atoms with Crippen molar-refractivity contribution in [2.75, 3.05) is 23.5 Å². The molecule has 2 rings (SSSR count). The maximum Gasteiger partial charge on any atom is 0.237 e. The molecule has 0 aromatic heterocycles. The first-order chi connectivity index (χ1) is 12.4. The normalized spacial score (nSPS) is 11.5. The number of hydrogen-bond donors (Lipinski definition) is 2. The van der Waals surface area contributed by atoms with Crippen LogP contribution in [0.3, 0.4) is 0 Å². The number of anilines is 2. The second-order valence-corrected chi connectivity index (χ2v) is 7.49. The molecule has 0 unspecified atom stereocenters. The molecule has 1 atom stereocenters. The van der Waals surface area contributed by atoms with E-state index in [0.717, 1.165) is 0 Å². The monoisotopic (exact) mass is 412 g/mol. The third-order valence-electron chi connectivity index (χ3n) is 3.40. The quantitative estimate of drug-likeness (QED) is 0.691. The Labute approximate surface area is 166 Å². The number of thioether (sulfide) groups is 1. The standard InChI is InChI=1S/C18H18Cl2N2O3S/c1-11(18(24)22-15-9-12(19)7-8-13(15)20)26-10-17(23)21-14-5-3-4-6-16(14)25-2/h3-9,11H,10H2,1-2H3,(H,21,23)(H,22,24)/t11-/m1/s1. The molecule has 0 aliphatic carbocycles. The number of carbonyl (C=O) groups excluding carboxylic acids is 2. The molecule has 0 aliphatic heterocycles. The summed E-state index contributed by atoms with van der Waals surface area (Å²) < 4.78 is 5.19. The molecule has 2 aromatic carbocycles. The van der Waals surface area contributed by atoms with Gasteiger partial charge in [0.2, 0.25) is 11.8 Å². The molecule has 0 spiro atoms. The summed E-state index contributed by atoms with van der Waals surface area (Å²) in [5.74, 6) is 0.215. The van der Waals surface area contributed by atoms with Crippen LogP contribution in [0.2, 0.25) is 10.0 Å². The summed E-state index contributed by atoms with van der Waals surface area (Å²) in [4.78, 5) is 24.4. The van der Waals surface area contributed by atoms with Gasteiger partial charge in [-0.3, -0.25) is 9.59 Å². The van der Waals surface area contributed by atoms with E-state index in [0.29, 0.717) is 27.2 Å². The average Bonchev–Trinajstić information content (AvgIpc) is 2.63. The first kappa shape index (κ1) is 20.4. The summed E-state index contributed by atoms with van der Waals surface area (Å²) in [6.07, 6.45) is 0. The van der Waals surface area contributed by atoms with Crippen molar-refractivity contribution in [1.82, 2.24) is 0 Å². The van der Waals surface area contributed by atoms with Crippen LogP contribution in [0.15, 0.2) is 42.5 Å². The van der Waals surface area contributed by atoms with E-state index in [-0.39, 0.29) is 17.6 Å². The Morgan fingerprint density at radius 3 is 2.58 bits per heavy atom. The number of halogens is 2. The van der Waals surface area contributed by atoms with Crippen LogP contribution >= 0.6 is 35.0 Å². The number of para-hydroxylation sites is 2. The Kier molecular flexibility index (Phi) is 7.63. The van der Waals surface area contributed by atoms with Crippen molar-refractivity contribution in [3.05, 3.63) is 52.5 Å². The van der Waals surface area contributed by atoms with Gasteiger partial charge in [-0.1, -0.05) is 35.3 Å². The van der Waals surface area contributed by atoms with Crippen LogP contribution in [0.4, 0.5) is 11.4 Å². The first-order valence-electron chi connectivity index (χ1n) is 7.71. The highest BCUT2D eigenvalue weighted by Gasteiger charge is 2.17. The van der Waals surface area contributed by atoms with Crippen molar-refractivity contribution in [3.8, 4) is 5.75 Å². The van der Waals surface area contributed by atoms with Crippen molar-refractivity contribution in [2.45, 2.75) is 12.2 Å². The summed E-state index contributed by atoms with van der Waals surface area (Å²) >= 11 is 13.2. The number of carbonyl (C=O) groups is 2. The minimum atomic E-state index is -0.450. The van der Waals surface area contributed by atoms with Gasteiger partial charge >= 0.3 is 0 Å². The highest BCUT2D eigenvalue weighted by Crippen LogP contribution is 2.27. The molecule has 0 bridgehead atoms. The molecular weight excluding hydrogens is 395 g/mol. The third kappa shape index (κ3) is 5.83. The van der Waals surface area contributed by atoms with Crippen molar-refractivity contribution in [2.24, 2.45) is 0 Å². The van der Waals surface area contributed by atoms with Crippen molar-refractivity contribution in [3.63, 3.8) is 0 Å². The van der Waals surface area contributed by atoms with Gasteiger partial charge in [0.15, 0.2) is 0 Å². The number of methoxy groups -OCH3 is 1. The van der Waals surface area contributed by atoms with Crippen molar-refractivity contribution >= 4 is 58.2 Å².